The van der Waals surface area contributed by atoms with Crippen LogP contribution in [0.5, 0.6) is 5.75 Å². The van der Waals surface area contributed by atoms with Gasteiger partial charge < -0.3 is 18.8 Å². The molecular weight excluding hydrogens is 715 g/mol. The lowest BCUT2D eigenvalue weighted by Crippen LogP contribution is -2.39. The van der Waals surface area contributed by atoms with Gasteiger partial charge in [-0.1, -0.05) is 94.8 Å². The van der Waals surface area contributed by atoms with Crippen molar-refractivity contribution in [3.63, 3.8) is 0 Å². The Bertz CT molecular complexity index is 1650. The minimum atomic E-state index is -6.15. The maximum absolute atomic E-state index is 12.8. The van der Waals surface area contributed by atoms with Gasteiger partial charge in [0, 0.05) is 24.1 Å². The second-order valence-corrected chi connectivity index (χ2v) is 15.5. The number of aryl methyl sites for hydroxylation is 2. The van der Waals surface area contributed by atoms with E-state index in [9.17, 15) is 36.1 Å². The molecule has 0 fully saturated rings. The number of unbranched alkanes of at least 4 members (excludes halogenated alkanes) is 7. The first-order valence-electron chi connectivity index (χ1n) is 17.1. The van der Waals surface area contributed by atoms with Crippen molar-refractivity contribution in [2.75, 3.05) is 13.2 Å². The summed E-state index contributed by atoms with van der Waals surface area (Å²) in [6.45, 7) is 10.2. The Kier molecular flexibility index (Phi) is 18.7. The maximum atomic E-state index is 12.8. The maximum Gasteiger partial charge on any atom is 0.428 e. The van der Waals surface area contributed by atoms with Gasteiger partial charge >= 0.3 is 23.2 Å². The number of carbonyl (C=O) groups excluding carboxylic acids is 3. The van der Waals surface area contributed by atoms with Crippen molar-refractivity contribution in [3.8, 4) is 5.75 Å². The van der Waals surface area contributed by atoms with E-state index in [1.165, 1.54) is 40.4 Å². The quantitative estimate of drug-likeness (QED) is 0.0294. The molecule has 0 aliphatic heterocycles. The highest BCUT2D eigenvalue weighted by atomic mass is 32.2. The fraction of sp³-hybridized carbons (Fsp3) is 0.410. The van der Waals surface area contributed by atoms with Crippen LogP contribution in [-0.2, 0) is 44.9 Å². The van der Waals surface area contributed by atoms with Crippen LogP contribution in [0.4, 0.5) is 8.78 Å². The lowest BCUT2D eigenvalue weighted by atomic mass is 10.1. The predicted octanol–water partition coefficient (Wildman–Crippen LogP) is 8.62. The fourth-order valence-corrected chi connectivity index (χ4v) is 7.37. The molecule has 0 saturated heterocycles. The van der Waals surface area contributed by atoms with Gasteiger partial charge in [-0.15, -0.1) is 0 Å². The molecule has 0 spiro atoms. The molecule has 284 valence electrons. The zero-order valence-electron chi connectivity index (χ0n) is 30.2. The van der Waals surface area contributed by atoms with E-state index >= 15 is 0 Å². The molecule has 3 aromatic carbocycles. The topological polar surface area (TPSA) is 136 Å². The van der Waals surface area contributed by atoms with Gasteiger partial charge in [0.2, 0.25) is 0 Å². The average molecular weight is 763 g/mol. The summed E-state index contributed by atoms with van der Waals surface area (Å²) in [7, 11) is -6.37. The minimum Gasteiger partial charge on any atom is -0.743 e. The monoisotopic (exact) mass is 762 g/mol. The molecule has 0 atom stereocenters. The molecule has 0 aromatic heterocycles. The van der Waals surface area contributed by atoms with Crippen molar-refractivity contribution >= 4 is 38.9 Å². The largest absolute Gasteiger partial charge is 0.743 e. The van der Waals surface area contributed by atoms with Crippen molar-refractivity contribution in [2.45, 2.75) is 105 Å². The van der Waals surface area contributed by atoms with E-state index in [-0.39, 0.29) is 23.3 Å². The second-order valence-electron chi connectivity index (χ2n) is 12.0. The van der Waals surface area contributed by atoms with E-state index in [0.29, 0.717) is 17.7 Å². The standard InChI is InChI=1S/C24H23O2S.C15H26F2O7S/c1-17(2)24(25)26-23-18(3)15-22(16-19(23)4)27(20-11-7-5-8-12-20)21-13-9-6-10-14-21;1-2-3-4-5-6-7-8-9-10-13(18)23-11-12-24-14(19)15(16,17)25(20,21)22/h5-16H,1H2,2-4H3;2-12H2,1H3,(H,20,21,22)/q+1;/p-1. The van der Waals surface area contributed by atoms with Gasteiger partial charge in [-0.3, -0.25) is 4.79 Å². The summed E-state index contributed by atoms with van der Waals surface area (Å²) < 4.78 is 70.2. The van der Waals surface area contributed by atoms with Crippen LogP contribution in [0.1, 0.15) is 82.8 Å². The number of halogens is 2. The lowest BCUT2D eigenvalue weighted by Gasteiger charge is -2.17. The molecule has 0 bridgehead atoms. The van der Waals surface area contributed by atoms with E-state index in [4.69, 9.17) is 4.74 Å². The van der Waals surface area contributed by atoms with Gasteiger partial charge in [0.25, 0.3) is 0 Å². The molecule has 52 heavy (non-hydrogen) atoms. The Labute approximate surface area is 308 Å². The zero-order chi connectivity index (χ0) is 38.7. The number of alkyl halides is 2. The summed E-state index contributed by atoms with van der Waals surface area (Å²) >= 11 is 0. The molecule has 0 radical (unpaired) electrons. The predicted molar refractivity (Wildman–Crippen MR) is 195 cm³/mol. The smallest absolute Gasteiger partial charge is 0.428 e. The molecule has 0 heterocycles. The van der Waals surface area contributed by atoms with Crippen LogP contribution in [0.25, 0.3) is 0 Å². The molecule has 0 aliphatic carbocycles. The zero-order valence-corrected chi connectivity index (χ0v) is 31.8. The van der Waals surface area contributed by atoms with Crippen LogP contribution < -0.4 is 4.74 Å². The summed E-state index contributed by atoms with van der Waals surface area (Å²) in [6, 6.07) is 25.2. The normalized spacial score (nSPS) is 11.3. The minimum absolute atomic E-state index is 0.161. The molecule has 13 heteroatoms. The van der Waals surface area contributed by atoms with Crippen LogP contribution in [0.15, 0.2) is 99.6 Å². The third kappa shape index (κ3) is 14.5. The van der Waals surface area contributed by atoms with E-state index < -0.39 is 40.5 Å². The summed E-state index contributed by atoms with van der Waals surface area (Å²) in [4.78, 5) is 37.8. The summed E-state index contributed by atoms with van der Waals surface area (Å²) in [5.74, 6) is -2.82. The number of hydrogen-bond acceptors (Lipinski definition) is 9. The molecule has 0 unspecified atom stereocenters. The lowest BCUT2D eigenvalue weighted by molar-refractivity contribution is -0.165. The van der Waals surface area contributed by atoms with Crippen LogP contribution in [0.3, 0.4) is 0 Å². The van der Waals surface area contributed by atoms with Gasteiger partial charge in [-0.2, -0.15) is 8.78 Å². The van der Waals surface area contributed by atoms with E-state index in [1.807, 2.05) is 26.0 Å². The number of rotatable bonds is 19. The Hall–Kier alpha value is -4.07. The molecule has 0 aliphatic rings. The molecule has 0 amide bonds. The number of hydrogen-bond donors (Lipinski definition) is 0. The average Bonchev–Trinajstić information content (AvgIpc) is 3.10. The summed E-state index contributed by atoms with van der Waals surface area (Å²) in [5, 5.41) is -5.16. The van der Waals surface area contributed by atoms with Gasteiger partial charge in [0.05, 0.1) is 10.9 Å². The third-order valence-corrected chi connectivity index (χ3v) is 10.5. The Morgan fingerprint density at radius 3 is 1.69 bits per heavy atom. The molecular formula is C39H48F2O9S2. The highest BCUT2D eigenvalue weighted by Gasteiger charge is 2.48. The Morgan fingerprint density at radius 1 is 0.769 bits per heavy atom. The number of benzene rings is 3. The molecule has 9 nitrogen and oxygen atoms in total. The van der Waals surface area contributed by atoms with Crippen LogP contribution in [0.2, 0.25) is 0 Å². The number of ether oxygens (including phenoxy) is 3. The SMILES string of the molecule is C=C(C)C(=O)Oc1c(C)cc([S+](c2ccccc2)c2ccccc2)cc1C.CCCCCCCCCCC(=O)OCCOC(=O)C(F)(F)S(=O)(=O)[O-]. The number of esters is 3. The van der Waals surface area contributed by atoms with Crippen molar-refractivity contribution in [2.24, 2.45) is 0 Å². The first-order chi connectivity index (χ1) is 24.6. The number of carbonyl (C=O) groups is 3. The van der Waals surface area contributed by atoms with Crippen LogP contribution in [0, 0.1) is 13.8 Å². The Morgan fingerprint density at radius 2 is 1.23 bits per heavy atom. The van der Waals surface area contributed by atoms with Gasteiger partial charge in [0.1, 0.15) is 19.0 Å². The van der Waals surface area contributed by atoms with Gasteiger partial charge in [-0.05, 0) is 62.6 Å². The first-order valence-corrected chi connectivity index (χ1v) is 19.7. The Balaban J connectivity index is 0.000000362. The molecule has 0 saturated carbocycles. The van der Waals surface area contributed by atoms with E-state index in [0.717, 1.165) is 30.4 Å². The van der Waals surface area contributed by atoms with Gasteiger partial charge in [-0.25, -0.2) is 18.0 Å². The van der Waals surface area contributed by atoms with Crippen LogP contribution >= 0.6 is 0 Å². The molecule has 0 N–H and O–H groups in total. The summed E-state index contributed by atoms with van der Waals surface area (Å²) in [6.07, 6.45) is 8.61. The van der Waals surface area contributed by atoms with E-state index in [1.54, 1.807) is 6.92 Å². The van der Waals surface area contributed by atoms with Gasteiger partial charge in [0.15, 0.2) is 24.8 Å². The van der Waals surface area contributed by atoms with Crippen molar-refractivity contribution in [3.05, 3.63) is 96.1 Å². The van der Waals surface area contributed by atoms with Crippen molar-refractivity contribution < 1.29 is 50.3 Å². The molecule has 3 rings (SSSR count). The first kappa shape index (κ1) is 44.1. The van der Waals surface area contributed by atoms with Crippen molar-refractivity contribution in [1.29, 1.82) is 0 Å². The van der Waals surface area contributed by atoms with E-state index in [2.05, 4.69) is 83.6 Å². The summed E-state index contributed by atoms with van der Waals surface area (Å²) in [5.41, 5.74) is 2.29. The third-order valence-electron chi connectivity index (χ3n) is 7.54. The highest BCUT2D eigenvalue weighted by molar-refractivity contribution is 7.97. The van der Waals surface area contributed by atoms with Crippen LogP contribution in [-0.4, -0.2) is 49.3 Å². The fourth-order valence-electron chi connectivity index (χ4n) is 4.84. The second kappa shape index (κ2) is 22.1. The van der Waals surface area contributed by atoms with Crippen molar-refractivity contribution in [1.82, 2.24) is 0 Å². The molecule has 3 aromatic rings. The highest BCUT2D eigenvalue weighted by Crippen LogP contribution is 2.35.